The molecule has 0 aliphatic carbocycles. The van der Waals surface area contributed by atoms with E-state index in [1.165, 1.54) is 13.0 Å². The van der Waals surface area contributed by atoms with Crippen molar-refractivity contribution in [3.63, 3.8) is 0 Å². The van der Waals surface area contributed by atoms with E-state index in [9.17, 15) is 9.18 Å². The van der Waals surface area contributed by atoms with E-state index in [1.54, 1.807) is 6.07 Å². The summed E-state index contributed by atoms with van der Waals surface area (Å²) in [7, 11) is -0.690. The molecule has 0 amide bonds. The van der Waals surface area contributed by atoms with Gasteiger partial charge in [0.25, 0.3) is 0 Å². The van der Waals surface area contributed by atoms with Crippen LogP contribution in [-0.2, 0) is 14.1 Å². The number of halogens is 1. The second-order valence-corrected chi connectivity index (χ2v) is 5.90. The van der Waals surface area contributed by atoms with Crippen molar-refractivity contribution >= 4 is 18.6 Å². The normalized spacial score (nSPS) is 20.0. The van der Waals surface area contributed by atoms with Crippen molar-refractivity contribution in [2.45, 2.75) is 45.8 Å². The summed E-state index contributed by atoms with van der Waals surface area (Å²) in [4.78, 5) is 11.0. The van der Waals surface area contributed by atoms with Crippen molar-refractivity contribution in [3.8, 4) is 5.75 Å². The molecule has 1 fully saturated rings. The highest BCUT2D eigenvalue weighted by Gasteiger charge is 2.51. The number of carbonyl (C=O) groups excluding carboxylic acids is 1. The van der Waals surface area contributed by atoms with Crippen LogP contribution in [0.4, 0.5) is 4.39 Å². The van der Waals surface area contributed by atoms with Gasteiger partial charge in [-0.2, -0.15) is 0 Å². The molecule has 1 aliphatic rings. The van der Waals surface area contributed by atoms with Crippen LogP contribution in [0.15, 0.2) is 18.2 Å². The fraction of sp³-hybridized carbons (Fsp3) is 0.500. The monoisotopic (exact) mass is 280 g/mol. The molecule has 0 bridgehead atoms. The van der Waals surface area contributed by atoms with E-state index in [0.717, 1.165) is 6.07 Å². The maximum Gasteiger partial charge on any atom is 0.495 e. The largest absolute Gasteiger partial charge is 0.495 e. The van der Waals surface area contributed by atoms with Crippen LogP contribution in [0.1, 0.15) is 34.6 Å². The molecule has 1 aliphatic heterocycles. The topological polar surface area (TPSA) is 44.8 Å². The Morgan fingerprint density at radius 2 is 1.70 bits per heavy atom. The summed E-state index contributed by atoms with van der Waals surface area (Å²) in [5.74, 6) is -0.869. The minimum absolute atomic E-state index is 0.141. The van der Waals surface area contributed by atoms with E-state index in [0.29, 0.717) is 5.46 Å². The number of ether oxygens (including phenoxy) is 1. The summed E-state index contributed by atoms with van der Waals surface area (Å²) in [6.45, 7) is 8.93. The minimum atomic E-state index is -0.690. The second kappa shape index (κ2) is 4.86. The van der Waals surface area contributed by atoms with Gasteiger partial charge in [0, 0.05) is 13.0 Å². The van der Waals surface area contributed by atoms with Gasteiger partial charge in [-0.25, -0.2) is 4.39 Å². The number of benzene rings is 1. The third kappa shape index (κ3) is 2.86. The van der Waals surface area contributed by atoms with Gasteiger partial charge < -0.3 is 14.0 Å². The van der Waals surface area contributed by atoms with Crippen LogP contribution in [0.2, 0.25) is 0 Å². The molecule has 0 aromatic heterocycles. The molecule has 0 N–H and O–H groups in total. The Balaban J connectivity index is 2.30. The molecule has 1 aromatic carbocycles. The minimum Gasteiger partial charge on any atom is -0.427 e. The molecule has 0 saturated carbocycles. The van der Waals surface area contributed by atoms with Crippen LogP contribution in [0.25, 0.3) is 0 Å². The van der Waals surface area contributed by atoms with Crippen LogP contribution < -0.4 is 10.2 Å². The van der Waals surface area contributed by atoms with E-state index < -0.39 is 30.1 Å². The summed E-state index contributed by atoms with van der Waals surface area (Å²) in [5, 5.41) is 0. The van der Waals surface area contributed by atoms with Gasteiger partial charge in [-0.1, -0.05) is 0 Å². The molecular weight excluding hydrogens is 262 g/mol. The molecule has 2 rings (SSSR count). The summed E-state index contributed by atoms with van der Waals surface area (Å²) in [6, 6.07) is 4.01. The van der Waals surface area contributed by atoms with Gasteiger partial charge >= 0.3 is 13.1 Å². The van der Waals surface area contributed by atoms with Gasteiger partial charge in [0.1, 0.15) is 11.6 Å². The Morgan fingerprint density at radius 3 is 2.20 bits per heavy atom. The zero-order valence-electron chi connectivity index (χ0n) is 12.3. The first-order valence-electron chi connectivity index (χ1n) is 6.45. The predicted molar refractivity (Wildman–Crippen MR) is 73.4 cm³/mol. The highest BCUT2D eigenvalue weighted by Crippen LogP contribution is 2.36. The van der Waals surface area contributed by atoms with Crippen LogP contribution in [-0.4, -0.2) is 24.3 Å². The molecule has 1 heterocycles. The summed E-state index contributed by atoms with van der Waals surface area (Å²) in [6.07, 6.45) is 0. The van der Waals surface area contributed by atoms with Crippen molar-refractivity contribution in [2.75, 3.05) is 0 Å². The molecule has 1 aromatic rings. The lowest BCUT2D eigenvalue weighted by atomic mass is 9.79. The lowest BCUT2D eigenvalue weighted by Crippen LogP contribution is -2.41. The number of esters is 1. The van der Waals surface area contributed by atoms with Crippen molar-refractivity contribution in [2.24, 2.45) is 0 Å². The molecule has 108 valence electrons. The number of hydrogen-bond donors (Lipinski definition) is 0. The number of hydrogen-bond acceptors (Lipinski definition) is 4. The molecule has 4 nitrogen and oxygen atoms in total. The number of rotatable bonds is 2. The third-order valence-corrected chi connectivity index (χ3v) is 3.68. The van der Waals surface area contributed by atoms with Crippen LogP contribution in [0, 0.1) is 5.82 Å². The molecule has 6 heteroatoms. The molecule has 0 unspecified atom stereocenters. The Labute approximate surface area is 118 Å². The van der Waals surface area contributed by atoms with Crippen molar-refractivity contribution in [1.82, 2.24) is 0 Å². The molecule has 0 atom stereocenters. The maximum absolute atomic E-state index is 13.6. The lowest BCUT2D eigenvalue weighted by molar-refractivity contribution is -0.131. The molecule has 20 heavy (non-hydrogen) atoms. The summed E-state index contributed by atoms with van der Waals surface area (Å²) in [5.41, 5.74) is -0.531. The lowest BCUT2D eigenvalue weighted by Gasteiger charge is -2.32. The Bertz CT molecular complexity index is 526. The average Bonchev–Trinajstić information content (AvgIpc) is 2.46. The Kier molecular flexibility index (Phi) is 3.65. The molecule has 0 radical (unpaired) electrons. The van der Waals surface area contributed by atoms with Gasteiger partial charge in [-0.3, -0.25) is 4.79 Å². The van der Waals surface area contributed by atoms with E-state index in [1.807, 2.05) is 27.7 Å². The Hall–Kier alpha value is -1.40. The van der Waals surface area contributed by atoms with E-state index in [4.69, 9.17) is 14.0 Å². The molecule has 0 spiro atoms. The standard InChI is InChI=1S/C14H18BFO4/c1-9(17)18-12-7-10(6-11(16)8-12)15-19-13(2,3)14(4,5)20-15/h6-8H,1-5H3. The fourth-order valence-electron chi connectivity index (χ4n) is 1.92. The van der Waals surface area contributed by atoms with E-state index in [2.05, 4.69) is 0 Å². The fourth-order valence-corrected chi connectivity index (χ4v) is 1.92. The SMILES string of the molecule is CC(=O)Oc1cc(F)cc(B2OC(C)(C)C(C)(C)O2)c1. The summed E-state index contributed by atoms with van der Waals surface area (Å²) < 4.78 is 30.2. The predicted octanol–water partition coefficient (Wildman–Crippen LogP) is 2.05. The van der Waals surface area contributed by atoms with Crippen LogP contribution in [0.5, 0.6) is 5.75 Å². The van der Waals surface area contributed by atoms with Gasteiger partial charge in [0.15, 0.2) is 0 Å². The van der Waals surface area contributed by atoms with Crippen molar-refractivity contribution in [1.29, 1.82) is 0 Å². The van der Waals surface area contributed by atoms with Crippen molar-refractivity contribution in [3.05, 3.63) is 24.0 Å². The first-order valence-corrected chi connectivity index (χ1v) is 6.45. The highest BCUT2D eigenvalue weighted by molar-refractivity contribution is 6.62. The Morgan fingerprint density at radius 1 is 1.15 bits per heavy atom. The summed E-state index contributed by atoms with van der Waals surface area (Å²) >= 11 is 0. The zero-order valence-corrected chi connectivity index (χ0v) is 12.3. The molecule has 1 saturated heterocycles. The van der Waals surface area contributed by atoms with Crippen molar-refractivity contribution < 1.29 is 23.2 Å². The average molecular weight is 280 g/mol. The van der Waals surface area contributed by atoms with Gasteiger partial charge in [0.05, 0.1) is 11.2 Å². The van der Waals surface area contributed by atoms with Gasteiger partial charge in [0.2, 0.25) is 0 Å². The maximum atomic E-state index is 13.6. The van der Waals surface area contributed by atoms with E-state index >= 15 is 0 Å². The quantitative estimate of drug-likeness (QED) is 0.472. The second-order valence-electron chi connectivity index (χ2n) is 5.90. The third-order valence-electron chi connectivity index (χ3n) is 3.68. The van der Waals surface area contributed by atoms with E-state index in [-0.39, 0.29) is 5.75 Å². The first kappa shape index (κ1) is 15.0. The highest BCUT2D eigenvalue weighted by atomic mass is 19.1. The smallest absolute Gasteiger partial charge is 0.427 e. The van der Waals surface area contributed by atoms with Gasteiger partial charge in [-0.15, -0.1) is 0 Å². The zero-order chi connectivity index (χ0) is 15.1. The van der Waals surface area contributed by atoms with Gasteiger partial charge in [-0.05, 0) is 45.3 Å². The molecular formula is C14H18BFO4. The van der Waals surface area contributed by atoms with Crippen LogP contribution >= 0.6 is 0 Å². The van der Waals surface area contributed by atoms with Crippen LogP contribution in [0.3, 0.4) is 0 Å². The first-order chi connectivity index (χ1) is 9.10. The number of carbonyl (C=O) groups is 1.